The monoisotopic (exact) mass is 213 g/mol. The van der Waals surface area contributed by atoms with E-state index in [2.05, 4.69) is 0 Å². The van der Waals surface area contributed by atoms with E-state index in [4.69, 9.17) is 10.5 Å². The van der Waals surface area contributed by atoms with Crippen LogP contribution in [0.25, 0.3) is 0 Å². The lowest BCUT2D eigenvalue weighted by Crippen LogP contribution is -2.06. The molecular formula is C10H15NO2S. The predicted octanol–water partition coefficient (Wildman–Crippen LogP) is 1.41. The summed E-state index contributed by atoms with van der Waals surface area (Å²) in [4.78, 5) is 0.768. The number of hydrogen-bond acceptors (Lipinski definition) is 3. The second-order valence-electron chi connectivity index (χ2n) is 2.82. The van der Waals surface area contributed by atoms with Crippen molar-refractivity contribution in [2.75, 3.05) is 24.7 Å². The van der Waals surface area contributed by atoms with Crippen LogP contribution in [0.3, 0.4) is 0 Å². The Balaban J connectivity index is 2.52. The molecule has 0 spiro atoms. The average Bonchev–Trinajstić information content (AvgIpc) is 2.18. The van der Waals surface area contributed by atoms with Gasteiger partial charge < -0.3 is 10.5 Å². The second kappa shape index (κ2) is 5.78. The first-order valence-corrected chi connectivity index (χ1v) is 5.87. The minimum Gasteiger partial charge on any atom is -0.399 e. The zero-order chi connectivity index (χ0) is 10.4. The summed E-state index contributed by atoms with van der Waals surface area (Å²) in [6.07, 6.45) is 0. The lowest BCUT2D eigenvalue weighted by atomic mass is 10.3. The van der Waals surface area contributed by atoms with E-state index < -0.39 is 10.8 Å². The van der Waals surface area contributed by atoms with Crippen LogP contribution in [0.5, 0.6) is 0 Å². The van der Waals surface area contributed by atoms with Gasteiger partial charge in [-0.15, -0.1) is 0 Å². The van der Waals surface area contributed by atoms with Crippen molar-refractivity contribution in [3.8, 4) is 0 Å². The molecule has 0 fully saturated rings. The van der Waals surface area contributed by atoms with Crippen molar-refractivity contribution in [1.82, 2.24) is 0 Å². The van der Waals surface area contributed by atoms with Crippen molar-refractivity contribution in [3.63, 3.8) is 0 Å². The van der Waals surface area contributed by atoms with Crippen molar-refractivity contribution < 1.29 is 8.95 Å². The highest BCUT2D eigenvalue weighted by Crippen LogP contribution is 2.10. The van der Waals surface area contributed by atoms with E-state index >= 15 is 0 Å². The minimum absolute atomic E-state index is 0.525. The van der Waals surface area contributed by atoms with E-state index in [1.807, 2.05) is 19.1 Å². The molecular weight excluding hydrogens is 198 g/mol. The van der Waals surface area contributed by atoms with Gasteiger partial charge in [0.1, 0.15) is 0 Å². The molecule has 0 aliphatic carbocycles. The SMILES string of the molecule is CCOCCS(=O)c1cccc(N)c1. The van der Waals surface area contributed by atoms with Crippen LogP contribution >= 0.6 is 0 Å². The van der Waals surface area contributed by atoms with Gasteiger partial charge in [0.15, 0.2) is 0 Å². The summed E-state index contributed by atoms with van der Waals surface area (Å²) in [6, 6.07) is 7.15. The number of nitrogen functional groups attached to an aromatic ring is 1. The smallest absolute Gasteiger partial charge is 0.0585 e. The van der Waals surface area contributed by atoms with Gasteiger partial charge in [-0.2, -0.15) is 0 Å². The molecule has 4 heteroatoms. The van der Waals surface area contributed by atoms with Crippen molar-refractivity contribution in [2.45, 2.75) is 11.8 Å². The Kier molecular flexibility index (Phi) is 4.62. The zero-order valence-corrected chi connectivity index (χ0v) is 9.05. The third-order valence-electron chi connectivity index (χ3n) is 1.74. The Morgan fingerprint density at radius 2 is 2.29 bits per heavy atom. The summed E-state index contributed by atoms with van der Waals surface area (Å²) < 4.78 is 16.8. The van der Waals surface area contributed by atoms with E-state index in [0.29, 0.717) is 24.7 Å². The molecule has 78 valence electrons. The van der Waals surface area contributed by atoms with Gasteiger partial charge >= 0.3 is 0 Å². The second-order valence-corrected chi connectivity index (χ2v) is 4.39. The van der Waals surface area contributed by atoms with Crippen LogP contribution in [-0.4, -0.2) is 23.2 Å². The van der Waals surface area contributed by atoms with Crippen LogP contribution in [0.4, 0.5) is 5.69 Å². The standard InChI is InChI=1S/C10H15NO2S/c1-2-13-6-7-14(12)10-5-3-4-9(11)8-10/h3-5,8H,2,6-7,11H2,1H3. The zero-order valence-electron chi connectivity index (χ0n) is 8.23. The molecule has 0 radical (unpaired) electrons. The molecule has 0 aliphatic heterocycles. The van der Waals surface area contributed by atoms with Crippen LogP contribution in [-0.2, 0) is 15.5 Å². The molecule has 2 N–H and O–H groups in total. The Labute approximate surface area is 86.7 Å². The van der Waals surface area contributed by atoms with Gasteiger partial charge in [-0.1, -0.05) is 6.07 Å². The fourth-order valence-corrected chi connectivity index (χ4v) is 2.06. The summed E-state index contributed by atoms with van der Waals surface area (Å²) >= 11 is 0. The Hall–Kier alpha value is -0.870. The molecule has 1 aromatic carbocycles. The minimum atomic E-state index is -1.00. The highest BCUT2D eigenvalue weighted by atomic mass is 32.2. The van der Waals surface area contributed by atoms with Crippen molar-refractivity contribution in [2.24, 2.45) is 0 Å². The van der Waals surface area contributed by atoms with Gasteiger partial charge in [-0.3, -0.25) is 4.21 Å². The van der Waals surface area contributed by atoms with Crippen LogP contribution < -0.4 is 5.73 Å². The topological polar surface area (TPSA) is 52.3 Å². The Bertz CT molecular complexity index is 315. The molecule has 0 amide bonds. The number of hydrogen-bond donors (Lipinski definition) is 1. The third-order valence-corrected chi connectivity index (χ3v) is 3.06. The van der Waals surface area contributed by atoms with Crippen LogP contribution in [0, 0.1) is 0 Å². The number of nitrogens with two attached hydrogens (primary N) is 1. The molecule has 0 bridgehead atoms. The van der Waals surface area contributed by atoms with Gasteiger partial charge in [0.05, 0.1) is 23.2 Å². The van der Waals surface area contributed by atoms with Gasteiger partial charge in [0, 0.05) is 17.2 Å². The highest BCUT2D eigenvalue weighted by molar-refractivity contribution is 7.85. The van der Waals surface area contributed by atoms with E-state index in [1.54, 1.807) is 12.1 Å². The number of ether oxygens (including phenoxy) is 1. The van der Waals surface area contributed by atoms with Crippen molar-refractivity contribution in [1.29, 1.82) is 0 Å². The Morgan fingerprint density at radius 1 is 1.50 bits per heavy atom. The fourth-order valence-electron chi connectivity index (χ4n) is 1.05. The molecule has 0 saturated heterocycles. The van der Waals surface area contributed by atoms with Crippen LogP contribution in [0.2, 0.25) is 0 Å². The molecule has 0 saturated carbocycles. The van der Waals surface area contributed by atoms with E-state index in [0.717, 1.165) is 4.90 Å². The fraction of sp³-hybridized carbons (Fsp3) is 0.400. The average molecular weight is 213 g/mol. The lowest BCUT2D eigenvalue weighted by molar-refractivity contribution is 0.164. The number of anilines is 1. The molecule has 1 atom stereocenters. The molecule has 1 unspecified atom stereocenters. The normalized spacial score (nSPS) is 12.6. The lowest BCUT2D eigenvalue weighted by Gasteiger charge is -2.03. The maximum absolute atomic E-state index is 11.6. The molecule has 14 heavy (non-hydrogen) atoms. The molecule has 0 heterocycles. The van der Waals surface area contributed by atoms with E-state index in [1.165, 1.54) is 0 Å². The maximum atomic E-state index is 11.6. The quantitative estimate of drug-likeness (QED) is 0.594. The van der Waals surface area contributed by atoms with Crippen molar-refractivity contribution in [3.05, 3.63) is 24.3 Å². The molecule has 1 rings (SSSR count). The third kappa shape index (κ3) is 3.47. The summed E-state index contributed by atoms with van der Waals surface area (Å²) in [5.41, 5.74) is 6.23. The van der Waals surface area contributed by atoms with Crippen LogP contribution in [0.15, 0.2) is 29.2 Å². The highest BCUT2D eigenvalue weighted by Gasteiger charge is 2.03. The van der Waals surface area contributed by atoms with Gasteiger partial charge in [-0.25, -0.2) is 0 Å². The molecule has 3 nitrogen and oxygen atoms in total. The summed E-state index contributed by atoms with van der Waals surface area (Å²) in [6.45, 7) is 3.11. The van der Waals surface area contributed by atoms with Gasteiger partial charge in [0.2, 0.25) is 0 Å². The number of rotatable bonds is 5. The van der Waals surface area contributed by atoms with Crippen LogP contribution in [0.1, 0.15) is 6.92 Å². The first kappa shape index (κ1) is 11.2. The Morgan fingerprint density at radius 3 is 2.93 bits per heavy atom. The summed E-state index contributed by atoms with van der Waals surface area (Å²) in [5.74, 6) is 0.525. The largest absolute Gasteiger partial charge is 0.399 e. The van der Waals surface area contributed by atoms with E-state index in [9.17, 15) is 4.21 Å². The van der Waals surface area contributed by atoms with Gasteiger partial charge in [0.25, 0.3) is 0 Å². The van der Waals surface area contributed by atoms with E-state index in [-0.39, 0.29) is 0 Å². The molecule has 0 aromatic heterocycles. The first-order chi connectivity index (χ1) is 6.74. The maximum Gasteiger partial charge on any atom is 0.0585 e. The van der Waals surface area contributed by atoms with Gasteiger partial charge in [-0.05, 0) is 25.1 Å². The predicted molar refractivity (Wildman–Crippen MR) is 58.6 cm³/mol. The summed E-state index contributed by atoms with van der Waals surface area (Å²) in [7, 11) is -1.00. The number of benzene rings is 1. The first-order valence-electron chi connectivity index (χ1n) is 4.55. The molecule has 1 aromatic rings. The van der Waals surface area contributed by atoms with Crippen molar-refractivity contribution >= 4 is 16.5 Å². The summed E-state index contributed by atoms with van der Waals surface area (Å²) in [5, 5.41) is 0. The molecule has 0 aliphatic rings.